The molecule has 0 radical (unpaired) electrons. The average Bonchev–Trinajstić information content (AvgIpc) is 3.18. The van der Waals surface area contributed by atoms with Crippen LogP contribution in [0.4, 0.5) is 0 Å². The van der Waals surface area contributed by atoms with Crippen molar-refractivity contribution in [3.05, 3.63) is 53.6 Å². The van der Waals surface area contributed by atoms with E-state index in [1.165, 1.54) is 36.3 Å². The molecule has 0 spiro atoms. The molecule has 1 aliphatic rings. The Bertz CT molecular complexity index is 629. The van der Waals surface area contributed by atoms with Crippen LogP contribution in [0.5, 0.6) is 0 Å². The molecule has 1 aromatic heterocycles. The lowest BCUT2D eigenvalue weighted by molar-refractivity contribution is 0.238. The molecule has 1 saturated heterocycles. The lowest BCUT2D eigenvalue weighted by Crippen LogP contribution is -2.24. The van der Waals surface area contributed by atoms with Gasteiger partial charge in [0.05, 0.1) is 6.54 Å². The molecular weight excluding hydrogens is 296 g/mol. The first kappa shape index (κ1) is 17.2. The fourth-order valence-electron chi connectivity index (χ4n) is 3.72. The van der Waals surface area contributed by atoms with E-state index in [9.17, 15) is 0 Å². The fourth-order valence-corrected chi connectivity index (χ4v) is 3.72. The maximum absolute atomic E-state index is 4.59. The molecule has 1 aliphatic heterocycles. The summed E-state index contributed by atoms with van der Waals surface area (Å²) in [5, 5.41) is 0. The van der Waals surface area contributed by atoms with Crippen LogP contribution in [0.25, 0.3) is 0 Å². The maximum Gasteiger partial charge on any atom is 0.122 e. The van der Waals surface area contributed by atoms with Crippen molar-refractivity contribution in [3.8, 4) is 0 Å². The third-order valence-electron chi connectivity index (χ3n) is 4.84. The number of hydrogen-bond donors (Lipinski definition) is 0. The summed E-state index contributed by atoms with van der Waals surface area (Å²) in [6, 6.07) is 9.74. The minimum atomic E-state index is 0.533. The smallest absolute Gasteiger partial charge is 0.122 e. The van der Waals surface area contributed by atoms with Gasteiger partial charge < -0.3 is 9.47 Å². The highest BCUT2D eigenvalue weighted by Gasteiger charge is 2.26. The molecule has 1 aromatic carbocycles. The molecule has 0 saturated carbocycles. The average molecular weight is 326 g/mol. The molecule has 0 N–H and O–H groups in total. The molecule has 4 heteroatoms. The van der Waals surface area contributed by atoms with Gasteiger partial charge in [-0.2, -0.15) is 0 Å². The van der Waals surface area contributed by atoms with Gasteiger partial charge in [-0.3, -0.25) is 4.90 Å². The van der Waals surface area contributed by atoms with Gasteiger partial charge in [0.2, 0.25) is 0 Å². The molecule has 3 rings (SSSR count). The third-order valence-corrected chi connectivity index (χ3v) is 4.84. The molecular formula is C20H30N4. The SMILES string of the molecule is CCCn1ccnc1CN1CCC[C@H]1c1ccc(CN(C)C)cc1. The molecule has 130 valence electrons. The Hall–Kier alpha value is -1.65. The molecule has 2 aromatic rings. The number of rotatable bonds is 7. The van der Waals surface area contributed by atoms with Gasteiger partial charge in [0.1, 0.15) is 5.82 Å². The highest BCUT2D eigenvalue weighted by atomic mass is 15.2. The number of benzene rings is 1. The highest BCUT2D eigenvalue weighted by molar-refractivity contribution is 5.26. The minimum absolute atomic E-state index is 0.533. The topological polar surface area (TPSA) is 24.3 Å². The van der Waals surface area contributed by atoms with Crippen molar-refractivity contribution in [1.29, 1.82) is 0 Å². The number of aryl methyl sites for hydroxylation is 1. The summed E-state index contributed by atoms with van der Waals surface area (Å²) in [5.74, 6) is 1.20. The van der Waals surface area contributed by atoms with Gasteiger partial charge in [-0.1, -0.05) is 31.2 Å². The predicted molar refractivity (Wildman–Crippen MR) is 98.7 cm³/mol. The number of nitrogens with zero attached hydrogens (tertiary/aromatic N) is 4. The molecule has 1 fully saturated rings. The van der Waals surface area contributed by atoms with Gasteiger partial charge >= 0.3 is 0 Å². The number of hydrogen-bond acceptors (Lipinski definition) is 3. The van der Waals surface area contributed by atoms with E-state index in [2.05, 4.69) is 70.8 Å². The first-order valence-electron chi connectivity index (χ1n) is 9.15. The van der Waals surface area contributed by atoms with E-state index in [-0.39, 0.29) is 0 Å². The monoisotopic (exact) mass is 326 g/mol. The van der Waals surface area contributed by atoms with Crippen molar-refractivity contribution in [2.75, 3.05) is 20.6 Å². The first-order valence-corrected chi connectivity index (χ1v) is 9.15. The van der Waals surface area contributed by atoms with E-state index in [0.717, 1.165) is 26.1 Å². The zero-order chi connectivity index (χ0) is 16.9. The summed E-state index contributed by atoms with van der Waals surface area (Å²) in [7, 11) is 4.23. The van der Waals surface area contributed by atoms with Gasteiger partial charge in [-0.25, -0.2) is 4.98 Å². The summed E-state index contributed by atoms with van der Waals surface area (Å²) in [5.41, 5.74) is 2.83. The number of imidazole rings is 1. The van der Waals surface area contributed by atoms with Crippen molar-refractivity contribution in [2.45, 2.75) is 51.9 Å². The van der Waals surface area contributed by atoms with Gasteiger partial charge in [0.25, 0.3) is 0 Å². The van der Waals surface area contributed by atoms with E-state index in [4.69, 9.17) is 0 Å². The van der Waals surface area contributed by atoms with Crippen molar-refractivity contribution in [2.24, 2.45) is 0 Å². The van der Waals surface area contributed by atoms with E-state index < -0.39 is 0 Å². The van der Waals surface area contributed by atoms with Crippen molar-refractivity contribution >= 4 is 0 Å². The molecule has 0 bridgehead atoms. The lowest BCUT2D eigenvalue weighted by atomic mass is 10.0. The number of likely N-dealkylation sites (tertiary alicyclic amines) is 1. The lowest BCUT2D eigenvalue weighted by Gasteiger charge is -2.25. The first-order chi connectivity index (χ1) is 11.7. The maximum atomic E-state index is 4.59. The van der Waals surface area contributed by atoms with Crippen LogP contribution in [0.15, 0.2) is 36.7 Å². The Morgan fingerprint density at radius 2 is 2.00 bits per heavy atom. The molecule has 0 aliphatic carbocycles. The van der Waals surface area contributed by atoms with Crippen LogP contribution in [0.1, 0.15) is 49.2 Å². The van der Waals surface area contributed by atoms with Crippen LogP contribution in [-0.2, 0) is 19.6 Å². The van der Waals surface area contributed by atoms with Gasteiger partial charge in [-0.15, -0.1) is 0 Å². The second kappa shape index (κ2) is 7.95. The Labute approximate surface area is 146 Å². The van der Waals surface area contributed by atoms with Crippen LogP contribution in [0.3, 0.4) is 0 Å². The third kappa shape index (κ3) is 4.05. The minimum Gasteiger partial charge on any atom is -0.334 e. The molecule has 0 amide bonds. The van der Waals surface area contributed by atoms with E-state index in [1.807, 2.05) is 6.20 Å². The van der Waals surface area contributed by atoms with E-state index >= 15 is 0 Å². The summed E-state index contributed by atoms with van der Waals surface area (Å²) >= 11 is 0. The largest absolute Gasteiger partial charge is 0.334 e. The molecule has 4 nitrogen and oxygen atoms in total. The van der Waals surface area contributed by atoms with E-state index in [0.29, 0.717) is 6.04 Å². The molecule has 24 heavy (non-hydrogen) atoms. The Balaban J connectivity index is 1.69. The Kier molecular flexibility index (Phi) is 5.69. The Morgan fingerprint density at radius 1 is 1.21 bits per heavy atom. The number of aromatic nitrogens is 2. The Morgan fingerprint density at radius 3 is 2.71 bits per heavy atom. The van der Waals surface area contributed by atoms with Gasteiger partial charge in [-0.05, 0) is 51.0 Å². The molecule has 0 unspecified atom stereocenters. The fraction of sp³-hybridized carbons (Fsp3) is 0.550. The van der Waals surface area contributed by atoms with Crippen LogP contribution in [-0.4, -0.2) is 40.0 Å². The van der Waals surface area contributed by atoms with Crippen LogP contribution < -0.4 is 0 Å². The zero-order valence-corrected chi connectivity index (χ0v) is 15.3. The highest BCUT2D eigenvalue weighted by Crippen LogP contribution is 2.33. The quantitative estimate of drug-likeness (QED) is 0.775. The standard InChI is InChI=1S/C20H30N4/c1-4-12-23-14-11-21-20(23)16-24-13-5-6-19(24)18-9-7-17(8-10-18)15-22(2)3/h7-11,14,19H,4-6,12-13,15-16H2,1-3H3/t19-/m0/s1. The van der Waals surface area contributed by atoms with E-state index in [1.54, 1.807) is 0 Å². The summed E-state index contributed by atoms with van der Waals surface area (Å²) in [6.07, 6.45) is 7.73. The summed E-state index contributed by atoms with van der Waals surface area (Å²) < 4.78 is 2.30. The van der Waals surface area contributed by atoms with Crippen molar-refractivity contribution < 1.29 is 0 Å². The van der Waals surface area contributed by atoms with Gasteiger partial charge in [0.15, 0.2) is 0 Å². The van der Waals surface area contributed by atoms with Crippen LogP contribution in [0, 0.1) is 0 Å². The normalized spacial score (nSPS) is 18.6. The second-order valence-electron chi connectivity index (χ2n) is 7.14. The van der Waals surface area contributed by atoms with Crippen molar-refractivity contribution in [1.82, 2.24) is 19.4 Å². The molecule has 1 atom stereocenters. The summed E-state index contributed by atoms with van der Waals surface area (Å²) in [6.45, 7) is 6.41. The van der Waals surface area contributed by atoms with Gasteiger partial charge in [0, 0.05) is 31.5 Å². The summed E-state index contributed by atoms with van der Waals surface area (Å²) in [4.78, 5) is 9.39. The zero-order valence-electron chi connectivity index (χ0n) is 15.3. The van der Waals surface area contributed by atoms with Crippen LogP contribution in [0.2, 0.25) is 0 Å². The second-order valence-corrected chi connectivity index (χ2v) is 7.14. The van der Waals surface area contributed by atoms with Crippen LogP contribution >= 0.6 is 0 Å². The molecule has 2 heterocycles. The van der Waals surface area contributed by atoms with Crippen molar-refractivity contribution in [3.63, 3.8) is 0 Å². The predicted octanol–water partition coefficient (Wildman–Crippen LogP) is 3.69.